The zero-order valence-corrected chi connectivity index (χ0v) is 19.4. The molecule has 1 saturated carbocycles. The van der Waals surface area contributed by atoms with Crippen molar-refractivity contribution in [3.8, 4) is 11.5 Å². The lowest BCUT2D eigenvalue weighted by molar-refractivity contribution is -0.129. The third kappa shape index (κ3) is 6.40. The summed E-state index contributed by atoms with van der Waals surface area (Å²) in [6, 6.07) is 13.3. The van der Waals surface area contributed by atoms with Crippen LogP contribution in [-0.2, 0) is 16.1 Å². The van der Waals surface area contributed by atoms with Crippen LogP contribution in [0.4, 0.5) is 5.69 Å². The van der Waals surface area contributed by atoms with Crippen LogP contribution in [0.3, 0.4) is 0 Å². The first-order chi connectivity index (χ1) is 14.5. The smallest absolute Gasteiger partial charge is 0.234 e. The Morgan fingerprint density at radius 3 is 2.60 bits per heavy atom. The largest absolute Gasteiger partial charge is 0.497 e. The number of nitrogens with one attached hydrogen (secondary N) is 1. The molecule has 0 spiro atoms. The summed E-state index contributed by atoms with van der Waals surface area (Å²) < 4.78 is 11.7. The van der Waals surface area contributed by atoms with Crippen LogP contribution in [0.15, 0.2) is 46.9 Å². The Morgan fingerprint density at radius 1 is 1.13 bits per heavy atom. The van der Waals surface area contributed by atoms with Gasteiger partial charge in [0.1, 0.15) is 11.5 Å². The molecule has 3 rings (SSSR count). The molecule has 1 fully saturated rings. The number of rotatable bonds is 10. The van der Waals surface area contributed by atoms with E-state index < -0.39 is 0 Å². The van der Waals surface area contributed by atoms with Crippen molar-refractivity contribution >= 4 is 45.2 Å². The van der Waals surface area contributed by atoms with E-state index in [1.54, 1.807) is 14.2 Å². The van der Waals surface area contributed by atoms with E-state index in [9.17, 15) is 9.59 Å². The Hall–Kier alpha value is -2.19. The van der Waals surface area contributed by atoms with Crippen molar-refractivity contribution in [1.29, 1.82) is 0 Å². The van der Waals surface area contributed by atoms with Gasteiger partial charge in [-0.15, -0.1) is 11.8 Å². The van der Waals surface area contributed by atoms with Gasteiger partial charge in [0.2, 0.25) is 11.8 Å². The number of halogens is 1. The van der Waals surface area contributed by atoms with Crippen molar-refractivity contribution in [3.63, 3.8) is 0 Å². The van der Waals surface area contributed by atoms with Crippen molar-refractivity contribution in [2.75, 3.05) is 31.0 Å². The van der Waals surface area contributed by atoms with E-state index >= 15 is 0 Å². The van der Waals surface area contributed by atoms with E-state index in [0.29, 0.717) is 6.54 Å². The molecule has 6 nitrogen and oxygen atoms in total. The van der Waals surface area contributed by atoms with Gasteiger partial charge in [-0.25, -0.2) is 0 Å². The molecular weight excluding hydrogens is 468 g/mol. The van der Waals surface area contributed by atoms with Gasteiger partial charge in [-0.2, -0.15) is 0 Å². The molecule has 30 heavy (non-hydrogen) atoms. The van der Waals surface area contributed by atoms with Gasteiger partial charge in [0, 0.05) is 28.3 Å². The maximum Gasteiger partial charge on any atom is 0.234 e. The fourth-order valence-corrected chi connectivity index (χ4v) is 4.17. The van der Waals surface area contributed by atoms with Gasteiger partial charge < -0.3 is 19.7 Å². The van der Waals surface area contributed by atoms with Gasteiger partial charge in [-0.1, -0.05) is 22.0 Å². The third-order valence-electron chi connectivity index (χ3n) is 4.70. The molecule has 0 atom stereocenters. The van der Waals surface area contributed by atoms with Crippen LogP contribution in [0.5, 0.6) is 11.5 Å². The maximum atomic E-state index is 12.9. The molecule has 160 valence electrons. The van der Waals surface area contributed by atoms with Crippen molar-refractivity contribution in [2.24, 2.45) is 0 Å². The Labute approximate surface area is 189 Å². The summed E-state index contributed by atoms with van der Waals surface area (Å²) in [5.41, 5.74) is 1.64. The molecule has 2 aromatic carbocycles. The van der Waals surface area contributed by atoms with E-state index in [2.05, 4.69) is 21.2 Å². The average molecular weight is 493 g/mol. The maximum absolute atomic E-state index is 12.9. The molecule has 1 N–H and O–H groups in total. The summed E-state index contributed by atoms with van der Waals surface area (Å²) in [4.78, 5) is 26.9. The lowest BCUT2D eigenvalue weighted by atomic mass is 10.1. The molecular formula is C22H25BrN2O4S. The molecule has 0 saturated heterocycles. The van der Waals surface area contributed by atoms with Gasteiger partial charge in [0.25, 0.3) is 0 Å². The number of thioether (sulfide) groups is 1. The van der Waals surface area contributed by atoms with E-state index in [1.807, 2.05) is 47.4 Å². The zero-order valence-electron chi connectivity index (χ0n) is 17.0. The molecule has 2 aromatic rings. The first kappa shape index (κ1) is 22.5. The first-order valence-electron chi connectivity index (χ1n) is 9.63. The van der Waals surface area contributed by atoms with Crippen LogP contribution < -0.4 is 14.8 Å². The second kappa shape index (κ2) is 10.7. The van der Waals surface area contributed by atoms with Crippen LogP contribution in [0.25, 0.3) is 0 Å². The number of nitrogens with zero attached hydrogens (tertiary/aromatic N) is 1. The van der Waals surface area contributed by atoms with Crippen LogP contribution in [-0.4, -0.2) is 48.5 Å². The molecule has 0 bridgehead atoms. The monoisotopic (exact) mass is 492 g/mol. The average Bonchev–Trinajstić information content (AvgIpc) is 3.56. The predicted molar refractivity (Wildman–Crippen MR) is 123 cm³/mol. The summed E-state index contributed by atoms with van der Waals surface area (Å²) in [5, 5.41) is 2.84. The van der Waals surface area contributed by atoms with E-state index in [4.69, 9.17) is 9.47 Å². The molecule has 1 aliphatic rings. The molecule has 0 aliphatic heterocycles. The summed E-state index contributed by atoms with van der Waals surface area (Å²) in [7, 11) is 3.24. The highest BCUT2D eigenvalue weighted by Gasteiger charge is 2.33. The molecule has 2 amide bonds. The summed E-state index contributed by atoms with van der Waals surface area (Å²) in [5.74, 6) is 1.84. The van der Waals surface area contributed by atoms with Crippen molar-refractivity contribution in [2.45, 2.75) is 25.4 Å². The van der Waals surface area contributed by atoms with Gasteiger partial charge in [-0.05, 0) is 49.2 Å². The number of ether oxygens (including phenoxy) is 2. The Morgan fingerprint density at radius 2 is 1.93 bits per heavy atom. The minimum absolute atomic E-state index is 0.0302. The SMILES string of the molecule is COc1ccc(OC)c(CN(C(=O)CSCC(=O)Nc2cccc(Br)c2)C2CC2)c1. The Balaban J connectivity index is 1.54. The molecule has 0 aromatic heterocycles. The lowest BCUT2D eigenvalue weighted by Gasteiger charge is -2.24. The number of hydrogen-bond donors (Lipinski definition) is 1. The quantitative estimate of drug-likeness (QED) is 0.534. The van der Waals surface area contributed by atoms with Gasteiger partial charge in [-0.3, -0.25) is 9.59 Å². The molecule has 0 heterocycles. The number of carbonyl (C=O) groups excluding carboxylic acids is 2. The number of amides is 2. The molecule has 0 radical (unpaired) electrons. The zero-order chi connectivity index (χ0) is 21.5. The first-order valence-corrected chi connectivity index (χ1v) is 11.6. The Kier molecular flexibility index (Phi) is 8.04. The van der Waals surface area contributed by atoms with Crippen LogP contribution in [0, 0.1) is 0 Å². The van der Waals surface area contributed by atoms with Crippen LogP contribution in [0.2, 0.25) is 0 Å². The third-order valence-corrected chi connectivity index (χ3v) is 6.11. The molecule has 8 heteroatoms. The molecule has 1 aliphatic carbocycles. The highest BCUT2D eigenvalue weighted by atomic mass is 79.9. The molecule has 0 unspecified atom stereocenters. The summed E-state index contributed by atoms with van der Waals surface area (Å²) >= 11 is 4.71. The second-order valence-electron chi connectivity index (χ2n) is 6.98. The number of hydrogen-bond acceptors (Lipinski definition) is 5. The van der Waals surface area contributed by atoms with Gasteiger partial charge in [0.05, 0.1) is 25.7 Å². The topological polar surface area (TPSA) is 67.9 Å². The van der Waals surface area contributed by atoms with Crippen molar-refractivity contribution < 1.29 is 19.1 Å². The standard InChI is InChI=1S/C22H25BrN2O4S/c1-28-19-8-9-20(29-2)15(10-19)12-25(18-6-7-18)22(27)14-30-13-21(26)24-17-5-3-4-16(23)11-17/h3-5,8-11,18H,6-7,12-14H2,1-2H3,(H,24,26). The number of anilines is 1. The number of benzene rings is 2. The summed E-state index contributed by atoms with van der Waals surface area (Å²) in [6.07, 6.45) is 2.01. The van der Waals surface area contributed by atoms with Gasteiger partial charge in [0.15, 0.2) is 0 Å². The van der Waals surface area contributed by atoms with E-state index in [1.165, 1.54) is 11.8 Å². The minimum Gasteiger partial charge on any atom is -0.497 e. The minimum atomic E-state index is -0.127. The van der Waals surface area contributed by atoms with E-state index in [-0.39, 0.29) is 29.4 Å². The van der Waals surface area contributed by atoms with Gasteiger partial charge >= 0.3 is 0 Å². The summed E-state index contributed by atoms with van der Waals surface area (Å²) in [6.45, 7) is 0.467. The fraction of sp³-hybridized carbons (Fsp3) is 0.364. The fourth-order valence-electron chi connectivity index (χ4n) is 3.07. The van der Waals surface area contributed by atoms with E-state index in [0.717, 1.165) is 40.1 Å². The normalized spacial score (nSPS) is 12.9. The van der Waals surface area contributed by atoms with Crippen molar-refractivity contribution in [3.05, 3.63) is 52.5 Å². The highest BCUT2D eigenvalue weighted by Crippen LogP contribution is 2.32. The van der Waals surface area contributed by atoms with Crippen LogP contribution >= 0.6 is 27.7 Å². The predicted octanol–water partition coefficient (Wildman–Crippen LogP) is 4.33. The van der Waals surface area contributed by atoms with Crippen molar-refractivity contribution in [1.82, 2.24) is 4.90 Å². The van der Waals surface area contributed by atoms with Crippen LogP contribution in [0.1, 0.15) is 18.4 Å². The number of methoxy groups -OCH3 is 2. The number of carbonyl (C=O) groups is 2. The lowest BCUT2D eigenvalue weighted by Crippen LogP contribution is -2.34. The second-order valence-corrected chi connectivity index (χ2v) is 8.88. The highest BCUT2D eigenvalue weighted by molar-refractivity contribution is 9.10. The Bertz CT molecular complexity index is 904.